The molecule has 0 bridgehead atoms. The lowest BCUT2D eigenvalue weighted by Gasteiger charge is -2.20. The third-order valence-corrected chi connectivity index (χ3v) is 6.46. The van der Waals surface area contributed by atoms with Crippen molar-refractivity contribution in [1.82, 2.24) is 0 Å². The van der Waals surface area contributed by atoms with Gasteiger partial charge >= 0.3 is 12.5 Å². The maximum absolute atomic E-state index is 14.8. The van der Waals surface area contributed by atoms with E-state index in [1.165, 1.54) is 12.1 Å². The molecule has 0 aliphatic rings. The summed E-state index contributed by atoms with van der Waals surface area (Å²) in [6, 6.07) is 7.98. The standard InChI is InChI=1S/C33H21F11O2/c1-2-3-4-5-19-14-25(36)30(26(37)15-19)32(40,41)45-22-10-8-18(9-11-22)6-7-20-12-23(34)29(24(35)13-20)21-16-27(38)31(28(39)17-21)46-33(42,43)44/h8-17H,2-5H2,1H3. The van der Waals surface area contributed by atoms with Crippen LogP contribution in [0, 0.1) is 46.7 Å². The van der Waals surface area contributed by atoms with E-state index in [-0.39, 0.29) is 28.8 Å². The smallest absolute Gasteiger partial charge is 0.429 e. The van der Waals surface area contributed by atoms with E-state index in [4.69, 9.17) is 0 Å². The summed E-state index contributed by atoms with van der Waals surface area (Å²) in [6.45, 7) is 1.94. The highest BCUT2D eigenvalue weighted by Gasteiger charge is 2.41. The minimum atomic E-state index is -5.42. The van der Waals surface area contributed by atoms with Crippen LogP contribution in [0.4, 0.5) is 48.3 Å². The molecule has 0 fully saturated rings. The predicted octanol–water partition coefficient (Wildman–Crippen LogP) is 10.3. The summed E-state index contributed by atoms with van der Waals surface area (Å²) < 4.78 is 161. The van der Waals surface area contributed by atoms with Gasteiger partial charge in [0, 0.05) is 11.1 Å². The van der Waals surface area contributed by atoms with Gasteiger partial charge in [-0.15, -0.1) is 13.2 Å². The summed E-state index contributed by atoms with van der Waals surface area (Å²) in [5.74, 6) is -6.73. The molecule has 0 spiro atoms. The number of halogens is 11. The van der Waals surface area contributed by atoms with Gasteiger partial charge in [-0.3, -0.25) is 0 Å². The molecule has 46 heavy (non-hydrogen) atoms. The van der Waals surface area contributed by atoms with E-state index in [1.54, 1.807) is 0 Å². The van der Waals surface area contributed by atoms with Crippen LogP contribution in [0.5, 0.6) is 11.5 Å². The van der Waals surface area contributed by atoms with Gasteiger partial charge in [-0.25, -0.2) is 26.3 Å². The van der Waals surface area contributed by atoms with Gasteiger partial charge in [-0.1, -0.05) is 31.6 Å². The maximum atomic E-state index is 14.8. The van der Waals surface area contributed by atoms with Crippen molar-refractivity contribution in [2.45, 2.75) is 45.1 Å². The van der Waals surface area contributed by atoms with Crippen molar-refractivity contribution >= 4 is 0 Å². The minimum Gasteiger partial charge on any atom is -0.429 e. The summed E-state index contributed by atoms with van der Waals surface area (Å²) in [4.78, 5) is 0. The van der Waals surface area contributed by atoms with Crippen molar-refractivity contribution < 1.29 is 57.8 Å². The Kier molecular flexibility index (Phi) is 10.2. The Morgan fingerprint density at radius 3 is 1.67 bits per heavy atom. The van der Waals surface area contributed by atoms with E-state index in [1.807, 2.05) is 6.92 Å². The van der Waals surface area contributed by atoms with Crippen molar-refractivity contribution in [2.75, 3.05) is 0 Å². The van der Waals surface area contributed by atoms with Crippen molar-refractivity contribution in [1.29, 1.82) is 0 Å². The highest BCUT2D eigenvalue weighted by molar-refractivity contribution is 5.67. The van der Waals surface area contributed by atoms with Crippen LogP contribution in [0.25, 0.3) is 11.1 Å². The Balaban J connectivity index is 1.50. The number of ether oxygens (including phenoxy) is 2. The van der Waals surface area contributed by atoms with Crippen LogP contribution in [0.1, 0.15) is 48.4 Å². The molecule has 0 atom stereocenters. The lowest BCUT2D eigenvalue weighted by molar-refractivity contribution is -0.276. The fourth-order valence-corrected chi connectivity index (χ4v) is 4.42. The molecule has 0 unspecified atom stereocenters. The van der Waals surface area contributed by atoms with E-state index in [2.05, 4.69) is 21.3 Å². The Hall–Kier alpha value is -4.73. The Morgan fingerprint density at radius 1 is 0.609 bits per heavy atom. The molecule has 0 aromatic heterocycles. The van der Waals surface area contributed by atoms with Gasteiger partial charge in [0.05, 0.1) is 5.56 Å². The molecule has 242 valence electrons. The van der Waals surface area contributed by atoms with E-state index < -0.39 is 75.6 Å². The molecular weight excluding hydrogens is 637 g/mol. The minimum absolute atomic E-state index is 0.138. The molecule has 0 aliphatic carbocycles. The molecule has 2 nitrogen and oxygen atoms in total. The van der Waals surface area contributed by atoms with Crippen molar-refractivity contribution in [2.24, 2.45) is 0 Å². The van der Waals surface area contributed by atoms with Gasteiger partial charge in [0.1, 0.15) is 34.6 Å². The normalized spacial score (nSPS) is 11.7. The molecule has 4 rings (SSSR count). The van der Waals surface area contributed by atoms with E-state index in [0.29, 0.717) is 25.0 Å². The fourth-order valence-electron chi connectivity index (χ4n) is 4.42. The van der Waals surface area contributed by atoms with Gasteiger partial charge in [-0.05, 0) is 84.6 Å². The average molecular weight is 659 g/mol. The third kappa shape index (κ3) is 8.29. The molecule has 0 heterocycles. The summed E-state index contributed by atoms with van der Waals surface area (Å²) in [5, 5.41) is 0. The van der Waals surface area contributed by atoms with Gasteiger partial charge < -0.3 is 9.47 Å². The molecule has 0 saturated carbocycles. The molecule has 0 N–H and O–H groups in total. The molecule has 4 aromatic carbocycles. The van der Waals surface area contributed by atoms with E-state index in [9.17, 15) is 48.3 Å². The molecule has 4 aromatic rings. The summed E-state index contributed by atoms with van der Waals surface area (Å²) in [5.41, 5.74) is -3.17. The number of hydrogen-bond acceptors (Lipinski definition) is 2. The van der Waals surface area contributed by atoms with Gasteiger partial charge in [-0.2, -0.15) is 8.78 Å². The molecule has 0 saturated heterocycles. The maximum Gasteiger partial charge on any atom is 0.573 e. The number of unbranched alkanes of at least 4 members (excludes halogenated alkanes) is 2. The lowest BCUT2D eigenvalue weighted by atomic mass is 10.0. The van der Waals surface area contributed by atoms with Crippen molar-refractivity contribution in [3.05, 3.63) is 118 Å². The Morgan fingerprint density at radius 2 is 1.15 bits per heavy atom. The predicted molar refractivity (Wildman–Crippen MR) is 145 cm³/mol. The van der Waals surface area contributed by atoms with Crippen molar-refractivity contribution in [3.63, 3.8) is 0 Å². The summed E-state index contributed by atoms with van der Waals surface area (Å²) >= 11 is 0. The number of aryl methyl sites for hydroxylation is 1. The van der Waals surface area contributed by atoms with Gasteiger partial charge in [0.2, 0.25) is 5.75 Å². The Bertz CT molecular complexity index is 1720. The summed E-state index contributed by atoms with van der Waals surface area (Å²) in [7, 11) is 0. The number of alkyl halides is 5. The van der Waals surface area contributed by atoms with E-state index in [0.717, 1.165) is 37.1 Å². The first-order valence-electron chi connectivity index (χ1n) is 13.5. The van der Waals surface area contributed by atoms with E-state index >= 15 is 0 Å². The van der Waals surface area contributed by atoms with Crippen LogP contribution in [-0.4, -0.2) is 6.36 Å². The molecule has 0 radical (unpaired) electrons. The second-order valence-electron chi connectivity index (χ2n) is 9.92. The first-order valence-corrected chi connectivity index (χ1v) is 13.5. The number of hydrogen-bond donors (Lipinski definition) is 0. The van der Waals surface area contributed by atoms with Crippen LogP contribution in [0.3, 0.4) is 0 Å². The van der Waals surface area contributed by atoms with Crippen LogP contribution in [-0.2, 0) is 12.5 Å². The summed E-state index contributed by atoms with van der Waals surface area (Å²) in [6.07, 6.45) is -7.17. The number of benzene rings is 4. The van der Waals surface area contributed by atoms with Crippen LogP contribution in [0.15, 0.2) is 60.7 Å². The van der Waals surface area contributed by atoms with Gasteiger partial charge in [0.15, 0.2) is 11.6 Å². The second kappa shape index (κ2) is 13.7. The SMILES string of the molecule is CCCCCc1cc(F)c(C(F)(F)Oc2ccc(C#Cc3cc(F)c(-c4cc(F)c(OC(F)(F)F)c(F)c4)c(F)c3)cc2)c(F)c1. The Labute approximate surface area is 255 Å². The average Bonchev–Trinajstić information content (AvgIpc) is 2.93. The quantitative estimate of drug-likeness (QED) is 0.101. The third-order valence-electron chi connectivity index (χ3n) is 6.46. The lowest BCUT2D eigenvalue weighted by Crippen LogP contribution is -2.25. The zero-order chi connectivity index (χ0) is 33.8. The van der Waals surface area contributed by atoms with Gasteiger partial charge in [0.25, 0.3) is 0 Å². The van der Waals surface area contributed by atoms with Crippen LogP contribution < -0.4 is 9.47 Å². The topological polar surface area (TPSA) is 18.5 Å². The highest BCUT2D eigenvalue weighted by Crippen LogP contribution is 2.37. The van der Waals surface area contributed by atoms with Crippen LogP contribution in [0.2, 0.25) is 0 Å². The highest BCUT2D eigenvalue weighted by atomic mass is 19.4. The first-order chi connectivity index (χ1) is 21.6. The molecule has 13 heteroatoms. The monoisotopic (exact) mass is 658 g/mol. The number of rotatable bonds is 9. The largest absolute Gasteiger partial charge is 0.573 e. The molecule has 0 aliphatic heterocycles. The molecule has 0 amide bonds. The zero-order valence-electron chi connectivity index (χ0n) is 23.6. The molecular formula is C33H21F11O2. The van der Waals surface area contributed by atoms with Crippen molar-refractivity contribution in [3.8, 4) is 34.5 Å². The second-order valence-corrected chi connectivity index (χ2v) is 9.92. The zero-order valence-corrected chi connectivity index (χ0v) is 23.6. The first kappa shape index (κ1) is 34.1. The van der Waals surface area contributed by atoms with Crippen LogP contribution >= 0.6 is 0 Å². The fraction of sp³-hybridized carbons (Fsp3) is 0.212.